The Morgan fingerprint density at radius 3 is 3.15 bits per heavy atom. The SMILES string of the molecule is CNCc1oc(CN2CCc3sccc3C2C)cc1C. The summed E-state index contributed by atoms with van der Waals surface area (Å²) >= 11 is 1.89. The van der Waals surface area contributed by atoms with Crippen LogP contribution >= 0.6 is 11.3 Å². The number of nitrogens with zero attached hydrogens (tertiary/aromatic N) is 1. The number of hydrogen-bond acceptors (Lipinski definition) is 4. The molecule has 0 saturated carbocycles. The number of furan rings is 1. The molecule has 20 heavy (non-hydrogen) atoms. The van der Waals surface area contributed by atoms with Gasteiger partial charge in [-0.25, -0.2) is 0 Å². The highest BCUT2D eigenvalue weighted by Crippen LogP contribution is 2.34. The maximum Gasteiger partial charge on any atom is 0.120 e. The summed E-state index contributed by atoms with van der Waals surface area (Å²) in [7, 11) is 1.95. The lowest BCUT2D eigenvalue weighted by molar-refractivity contribution is 0.175. The lowest BCUT2D eigenvalue weighted by Gasteiger charge is -2.32. The maximum atomic E-state index is 5.97. The van der Waals surface area contributed by atoms with Crippen molar-refractivity contribution in [3.63, 3.8) is 0 Å². The Kier molecular flexibility index (Phi) is 3.96. The Hall–Kier alpha value is -1.10. The second-order valence-electron chi connectivity index (χ2n) is 5.54. The van der Waals surface area contributed by atoms with E-state index in [2.05, 4.69) is 41.6 Å². The van der Waals surface area contributed by atoms with E-state index < -0.39 is 0 Å². The molecule has 4 heteroatoms. The van der Waals surface area contributed by atoms with E-state index in [9.17, 15) is 0 Å². The lowest BCUT2D eigenvalue weighted by Crippen LogP contribution is -2.32. The number of rotatable bonds is 4. The van der Waals surface area contributed by atoms with Gasteiger partial charge in [-0.3, -0.25) is 4.90 Å². The third kappa shape index (κ3) is 2.55. The van der Waals surface area contributed by atoms with Crippen molar-refractivity contribution in [2.24, 2.45) is 0 Å². The van der Waals surface area contributed by atoms with Gasteiger partial charge >= 0.3 is 0 Å². The summed E-state index contributed by atoms with van der Waals surface area (Å²) in [5, 5.41) is 5.37. The van der Waals surface area contributed by atoms with Crippen molar-refractivity contribution in [1.82, 2.24) is 10.2 Å². The molecule has 0 bridgehead atoms. The topological polar surface area (TPSA) is 28.4 Å². The van der Waals surface area contributed by atoms with Crippen molar-refractivity contribution < 1.29 is 4.42 Å². The first kappa shape index (κ1) is 13.9. The molecule has 0 amide bonds. The van der Waals surface area contributed by atoms with Gasteiger partial charge in [0.1, 0.15) is 11.5 Å². The van der Waals surface area contributed by atoms with Crippen LogP contribution in [0.2, 0.25) is 0 Å². The van der Waals surface area contributed by atoms with Gasteiger partial charge in [-0.05, 0) is 56.0 Å². The molecule has 3 heterocycles. The third-order valence-electron chi connectivity index (χ3n) is 4.17. The van der Waals surface area contributed by atoms with Gasteiger partial charge in [0.2, 0.25) is 0 Å². The summed E-state index contributed by atoms with van der Waals surface area (Å²) in [4.78, 5) is 4.07. The molecule has 1 aliphatic rings. The molecule has 0 radical (unpaired) electrons. The van der Waals surface area contributed by atoms with Gasteiger partial charge in [-0.2, -0.15) is 0 Å². The second kappa shape index (κ2) is 5.72. The van der Waals surface area contributed by atoms with E-state index in [1.165, 1.54) is 17.5 Å². The molecule has 1 unspecified atom stereocenters. The van der Waals surface area contributed by atoms with Gasteiger partial charge < -0.3 is 9.73 Å². The summed E-state index contributed by atoms with van der Waals surface area (Å²) in [6.45, 7) is 7.25. The molecule has 0 saturated heterocycles. The summed E-state index contributed by atoms with van der Waals surface area (Å²) < 4.78 is 5.97. The fraction of sp³-hybridized carbons (Fsp3) is 0.500. The van der Waals surface area contributed by atoms with Crippen LogP contribution < -0.4 is 5.32 Å². The molecule has 3 nitrogen and oxygen atoms in total. The van der Waals surface area contributed by atoms with Crippen molar-refractivity contribution in [3.05, 3.63) is 45.0 Å². The van der Waals surface area contributed by atoms with E-state index in [1.807, 2.05) is 18.4 Å². The zero-order valence-corrected chi connectivity index (χ0v) is 13.2. The molecule has 2 aromatic heterocycles. The van der Waals surface area contributed by atoms with Crippen LogP contribution in [0.4, 0.5) is 0 Å². The zero-order chi connectivity index (χ0) is 14.1. The Morgan fingerprint density at radius 2 is 2.35 bits per heavy atom. The molecular weight excluding hydrogens is 268 g/mol. The number of aryl methyl sites for hydroxylation is 1. The van der Waals surface area contributed by atoms with Crippen LogP contribution in [0.3, 0.4) is 0 Å². The summed E-state index contributed by atoms with van der Waals surface area (Å²) in [6.07, 6.45) is 1.17. The van der Waals surface area contributed by atoms with E-state index in [-0.39, 0.29) is 0 Å². The van der Waals surface area contributed by atoms with Gasteiger partial charge in [-0.1, -0.05) is 0 Å². The molecule has 0 aromatic carbocycles. The summed E-state index contributed by atoms with van der Waals surface area (Å²) in [6, 6.07) is 4.95. The minimum Gasteiger partial charge on any atom is -0.463 e. The average molecular weight is 290 g/mol. The number of thiophene rings is 1. The molecular formula is C16H22N2OS. The molecule has 1 aliphatic heterocycles. The molecule has 0 spiro atoms. The van der Waals surface area contributed by atoms with E-state index in [4.69, 9.17) is 4.42 Å². The minimum atomic E-state index is 0.489. The van der Waals surface area contributed by atoms with Crippen LogP contribution in [-0.2, 0) is 19.5 Å². The fourth-order valence-corrected chi connectivity index (χ4v) is 3.94. The second-order valence-corrected chi connectivity index (χ2v) is 6.55. The quantitative estimate of drug-likeness (QED) is 0.934. The molecule has 1 atom stereocenters. The predicted octanol–water partition coefficient (Wildman–Crippen LogP) is 3.49. The van der Waals surface area contributed by atoms with Crippen molar-refractivity contribution >= 4 is 11.3 Å². The fourth-order valence-electron chi connectivity index (χ4n) is 2.98. The van der Waals surface area contributed by atoms with Gasteiger partial charge in [0, 0.05) is 17.5 Å². The van der Waals surface area contributed by atoms with Gasteiger partial charge in [0.05, 0.1) is 13.1 Å². The number of hydrogen-bond donors (Lipinski definition) is 1. The van der Waals surface area contributed by atoms with E-state index in [0.29, 0.717) is 6.04 Å². The highest BCUT2D eigenvalue weighted by Gasteiger charge is 2.25. The van der Waals surface area contributed by atoms with E-state index in [0.717, 1.165) is 31.2 Å². The molecule has 0 aliphatic carbocycles. The first-order valence-electron chi connectivity index (χ1n) is 7.22. The van der Waals surface area contributed by atoms with E-state index >= 15 is 0 Å². The van der Waals surface area contributed by atoms with Crippen LogP contribution in [0, 0.1) is 6.92 Å². The van der Waals surface area contributed by atoms with Crippen LogP contribution in [0.5, 0.6) is 0 Å². The van der Waals surface area contributed by atoms with Crippen LogP contribution in [0.25, 0.3) is 0 Å². The molecule has 2 aromatic rings. The van der Waals surface area contributed by atoms with Gasteiger partial charge in [0.25, 0.3) is 0 Å². The Balaban J connectivity index is 1.74. The Morgan fingerprint density at radius 1 is 1.50 bits per heavy atom. The van der Waals surface area contributed by atoms with Crippen LogP contribution in [0.1, 0.15) is 40.5 Å². The molecule has 3 rings (SSSR count). The third-order valence-corrected chi connectivity index (χ3v) is 5.17. The van der Waals surface area contributed by atoms with E-state index in [1.54, 1.807) is 4.88 Å². The monoisotopic (exact) mass is 290 g/mol. The maximum absolute atomic E-state index is 5.97. The van der Waals surface area contributed by atoms with Crippen molar-refractivity contribution in [2.75, 3.05) is 13.6 Å². The zero-order valence-electron chi connectivity index (χ0n) is 12.4. The summed E-state index contributed by atoms with van der Waals surface area (Å²) in [5.74, 6) is 2.14. The van der Waals surface area contributed by atoms with Crippen molar-refractivity contribution in [2.45, 2.75) is 39.4 Å². The smallest absolute Gasteiger partial charge is 0.120 e. The average Bonchev–Trinajstić information content (AvgIpc) is 3.02. The minimum absolute atomic E-state index is 0.489. The lowest BCUT2D eigenvalue weighted by atomic mass is 10.0. The number of nitrogens with one attached hydrogen (secondary N) is 1. The van der Waals surface area contributed by atoms with Crippen molar-refractivity contribution in [1.29, 1.82) is 0 Å². The number of fused-ring (bicyclic) bond motifs is 1. The van der Waals surface area contributed by atoms with Crippen LogP contribution in [0.15, 0.2) is 21.9 Å². The van der Waals surface area contributed by atoms with Crippen molar-refractivity contribution in [3.8, 4) is 0 Å². The van der Waals surface area contributed by atoms with Gasteiger partial charge in [0.15, 0.2) is 0 Å². The Bertz CT molecular complexity index is 587. The largest absolute Gasteiger partial charge is 0.463 e. The Labute approximate surface area is 124 Å². The summed E-state index contributed by atoms with van der Waals surface area (Å²) in [5.41, 5.74) is 2.75. The molecule has 108 valence electrons. The highest BCUT2D eigenvalue weighted by molar-refractivity contribution is 7.10. The standard InChI is InChI=1S/C16H22N2OS/c1-11-8-13(19-15(11)9-17-3)10-18-6-4-16-14(12(18)2)5-7-20-16/h5,7-8,12,17H,4,6,9-10H2,1-3H3. The molecule has 1 N–H and O–H groups in total. The molecule has 0 fully saturated rings. The normalized spacial score (nSPS) is 19.2. The van der Waals surface area contributed by atoms with Gasteiger partial charge in [-0.15, -0.1) is 11.3 Å². The first-order chi connectivity index (χ1) is 9.69. The predicted molar refractivity (Wildman–Crippen MR) is 83.1 cm³/mol. The highest BCUT2D eigenvalue weighted by atomic mass is 32.1. The van der Waals surface area contributed by atoms with Crippen LogP contribution in [-0.4, -0.2) is 18.5 Å². The first-order valence-corrected chi connectivity index (χ1v) is 8.10.